The third-order valence-electron chi connectivity index (χ3n) is 2.99. The van der Waals surface area contributed by atoms with Gasteiger partial charge in [-0.05, 0) is 24.3 Å². The SMILES string of the molecule is N#Cc1cnc2ccccc2c1Nc1cccc(F)c1. The standard InChI is InChI=1S/C16H10FN3/c17-12-4-3-5-13(8-12)20-16-11(9-18)10-19-15-7-2-1-6-14(15)16/h1-8,10H,(H,19,20). The summed E-state index contributed by atoms with van der Waals surface area (Å²) >= 11 is 0. The van der Waals surface area contributed by atoms with Gasteiger partial charge in [0.2, 0.25) is 0 Å². The summed E-state index contributed by atoms with van der Waals surface area (Å²) < 4.78 is 13.2. The molecule has 2 aromatic carbocycles. The molecule has 0 saturated heterocycles. The zero-order valence-electron chi connectivity index (χ0n) is 10.5. The first-order chi connectivity index (χ1) is 9.78. The molecule has 0 aliphatic carbocycles. The van der Waals surface area contributed by atoms with Gasteiger partial charge < -0.3 is 5.32 Å². The fraction of sp³-hybridized carbons (Fsp3) is 0. The van der Waals surface area contributed by atoms with Crippen LogP contribution in [0.3, 0.4) is 0 Å². The molecule has 0 bridgehead atoms. The Morgan fingerprint density at radius 1 is 1.10 bits per heavy atom. The number of aromatic nitrogens is 1. The fourth-order valence-electron chi connectivity index (χ4n) is 2.07. The number of para-hydroxylation sites is 1. The summed E-state index contributed by atoms with van der Waals surface area (Å²) in [6.07, 6.45) is 1.52. The molecule has 96 valence electrons. The zero-order valence-corrected chi connectivity index (χ0v) is 10.5. The Balaban J connectivity index is 2.17. The van der Waals surface area contributed by atoms with Crippen molar-refractivity contribution < 1.29 is 4.39 Å². The van der Waals surface area contributed by atoms with Crippen molar-refractivity contribution in [2.45, 2.75) is 0 Å². The predicted octanol–water partition coefficient (Wildman–Crippen LogP) is 3.99. The molecule has 1 aromatic heterocycles. The van der Waals surface area contributed by atoms with Gasteiger partial charge in [0.25, 0.3) is 0 Å². The first-order valence-corrected chi connectivity index (χ1v) is 6.08. The zero-order chi connectivity index (χ0) is 13.9. The van der Waals surface area contributed by atoms with Crippen LogP contribution in [0.1, 0.15) is 5.56 Å². The van der Waals surface area contributed by atoms with Crippen LogP contribution in [0.25, 0.3) is 10.9 Å². The molecule has 3 nitrogen and oxygen atoms in total. The maximum absolute atomic E-state index is 13.2. The van der Waals surface area contributed by atoms with Gasteiger partial charge in [0.05, 0.1) is 16.8 Å². The molecule has 0 amide bonds. The lowest BCUT2D eigenvalue weighted by molar-refractivity contribution is 0.628. The number of benzene rings is 2. The molecule has 0 aliphatic heterocycles. The van der Waals surface area contributed by atoms with Crippen molar-refractivity contribution in [3.8, 4) is 6.07 Å². The van der Waals surface area contributed by atoms with Crippen LogP contribution in [0, 0.1) is 17.1 Å². The number of halogens is 1. The lowest BCUT2D eigenvalue weighted by atomic mass is 10.1. The highest BCUT2D eigenvalue weighted by Gasteiger charge is 2.08. The molecule has 0 spiro atoms. The lowest BCUT2D eigenvalue weighted by Crippen LogP contribution is -1.97. The third kappa shape index (κ3) is 2.17. The summed E-state index contributed by atoms with van der Waals surface area (Å²) in [6.45, 7) is 0. The number of rotatable bonds is 2. The van der Waals surface area contributed by atoms with Crippen LogP contribution in [0.4, 0.5) is 15.8 Å². The van der Waals surface area contributed by atoms with Crippen LogP contribution in [0.2, 0.25) is 0 Å². The maximum atomic E-state index is 13.2. The second-order valence-electron chi connectivity index (χ2n) is 4.31. The largest absolute Gasteiger partial charge is 0.354 e. The van der Waals surface area contributed by atoms with E-state index in [1.54, 1.807) is 12.1 Å². The van der Waals surface area contributed by atoms with Crippen molar-refractivity contribution in [3.63, 3.8) is 0 Å². The molecule has 4 heteroatoms. The third-order valence-corrected chi connectivity index (χ3v) is 2.99. The van der Waals surface area contributed by atoms with Crippen molar-refractivity contribution >= 4 is 22.3 Å². The minimum Gasteiger partial charge on any atom is -0.354 e. The smallest absolute Gasteiger partial charge is 0.125 e. The Labute approximate surface area is 115 Å². The van der Waals surface area contributed by atoms with Gasteiger partial charge in [-0.15, -0.1) is 0 Å². The van der Waals surface area contributed by atoms with Gasteiger partial charge in [-0.1, -0.05) is 24.3 Å². The summed E-state index contributed by atoms with van der Waals surface area (Å²) in [5, 5.41) is 13.1. The van der Waals surface area contributed by atoms with E-state index in [-0.39, 0.29) is 5.82 Å². The molecule has 0 saturated carbocycles. The molecule has 0 fully saturated rings. The summed E-state index contributed by atoms with van der Waals surface area (Å²) in [6, 6.07) is 15.7. The number of pyridine rings is 1. The van der Waals surface area contributed by atoms with E-state index >= 15 is 0 Å². The highest BCUT2D eigenvalue weighted by atomic mass is 19.1. The number of anilines is 2. The first-order valence-electron chi connectivity index (χ1n) is 6.08. The van der Waals surface area contributed by atoms with Gasteiger partial charge in [-0.2, -0.15) is 5.26 Å². The van der Waals surface area contributed by atoms with Crippen LogP contribution in [0.5, 0.6) is 0 Å². The average Bonchev–Trinajstić information content (AvgIpc) is 2.48. The molecule has 0 aliphatic rings. The summed E-state index contributed by atoms with van der Waals surface area (Å²) in [7, 11) is 0. The van der Waals surface area contributed by atoms with Crippen molar-refractivity contribution in [2.75, 3.05) is 5.32 Å². The van der Waals surface area contributed by atoms with E-state index in [1.165, 1.54) is 18.3 Å². The van der Waals surface area contributed by atoms with E-state index in [9.17, 15) is 9.65 Å². The topological polar surface area (TPSA) is 48.7 Å². The van der Waals surface area contributed by atoms with E-state index in [1.807, 2.05) is 24.3 Å². The number of hydrogen-bond acceptors (Lipinski definition) is 3. The van der Waals surface area contributed by atoms with Crippen LogP contribution >= 0.6 is 0 Å². The summed E-state index contributed by atoms with van der Waals surface area (Å²) in [4.78, 5) is 4.24. The number of nitriles is 1. The van der Waals surface area contributed by atoms with E-state index < -0.39 is 0 Å². The molecule has 1 heterocycles. The molecule has 20 heavy (non-hydrogen) atoms. The predicted molar refractivity (Wildman–Crippen MR) is 76.1 cm³/mol. The molecule has 3 aromatic rings. The molecular formula is C16H10FN3. The molecule has 1 N–H and O–H groups in total. The molecular weight excluding hydrogens is 253 g/mol. The number of hydrogen-bond donors (Lipinski definition) is 1. The van der Waals surface area contributed by atoms with Crippen LogP contribution < -0.4 is 5.32 Å². The van der Waals surface area contributed by atoms with E-state index in [4.69, 9.17) is 0 Å². The van der Waals surface area contributed by atoms with Crippen LogP contribution in [0.15, 0.2) is 54.7 Å². The second kappa shape index (κ2) is 4.98. The number of nitrogens with zero attached hydrogens (tertiary/aromatic N) is 2. The highest BCUT2D eigenvalue weighted by molar-refractivity contribution is 5.95. The normalized spacial score (nSPS) is 10.2. The minimum absolute atomic E-state index is 0.327. The number of fused-ring (bicyclic) bond motifs is 1. The Morgan fingerprint density at radius 3 is 2.75 bits per heavy atom. The van der Waals surface area contributed by atoms with Gasteiger partial charge in [0, 0.05) is 17.3 Å². The Hall–Kier alpha value is -2.93. The minimum atomic E-state index is -0.327. The fourth-order valence-corrected chi connectivity index (χ4v) is 2.07. The van der Waals surface area contributed by atoms with Crippen molar-refractivity contribution in [1.82, 2.24) is 4.98 Å². The number of nitrogens with one attached hydrogen (secondary N) is 1. The second-order valence-corrected chi connectivity index (χ2v) is 4.31. The van der Waals surface area contributed by atoms with Crippen LogP contribution in [-0.2, 0) is 0 Å². The quantitative estimate of drug-likeness (QED) is 0.760. The first kappa shape index (κ1) is 12.1. The van der Waals surface area contributed by atoms with Gasteiger partial charge in [-0.25, -0.2) is 4.39 Å². The highest BCUT2D eigenvalue weighted by Crippen LogP contribution is 2.28. The Bertz CT molecular complexity index is 821. The van der Waals surface area contributed by atoms with Crippen molar-refractivity contribution in [3.05, 3.63) is 66.1 Å². The van der Waals surface area contributed by atoms with Crippen molar-refractivity contribution in [2.24, 2.45) is 0 Å². The molecule has 0 radical (unpaired) electrons. The summed E-state index contributed by atoms with van der Waals surface area (Å²) in [5.41, 5.74) is 2.44. The maximum Gasteiger partial charge on any atom is 0.125 e. The Morgan fingerprint density at radius 2 is 1.95 bits per heavy atom. The van der Waals surface area contributed by atoms with Gasteiger partial charge in [0.1, 0.15) is 11.9 Å². The van der Waals surface area contributed by atoms with Gasteiger partial charge in [0.15, 0.2) is 0 Å². The summed E-state index contributed by atoms with van der Waals surface area (Å²) in [5.74, 6) is -0.327. The lowest BCUT2D eigenvalue weighted by Gasteiger charge is -2.11. The van der Waals surface area contributed by atoms with Gasteiger partial charge >= 0.3 is 0 Å². The molecule has 0 atom stereocenters. The average molecular weight is 263 g/mol. The van der Waals surface area contributed by atoms with Crippen molar-refractivity contribution in [1.29, 1.82) is 5.26 Å². The monoisotopic (exact) mass is 263 g/mol. The molecule has 3 rings (SSSR count). The van der Waals surface area contributed by atoms with E-state index in [2.05, 4.69) is 16.4 Å². The van der Waals surface area contributed by atoms with Gasteiger partial charge in [-0.3, -0.25) is 4.98 Å². The van der Waals surface area contributed by atoms with E-state index in [0.717, 1.165) is 10.9 Å². The Kier molecular flexibility index (Phi) is 3.02. The van der Waals surface area contributed by atoms with E-state index in [0.29, 0.717) is 16.9 Å². The van der Waals surface area contributed by atoms with Crippen LogP contribution in [-0.4, -0.2) is 4.98 Å². The molecule has 0 unspecified atom stereocenters.